The van der Waals surface area contributed by atoms with Gasteiger partial charge in [-0.25, -0.2) is 0 Å². The molecule has 3 heterocycles. The van der Waals surface area contributed by atoms with Gasteiger partial charge in [0.2, 0.25) is 5.91 Å². The number of benzene rings is 2. The number of hydrogen-bond acceptors (Lipinski definition) is 5. The van der Waals surface area contributed by atoms with E-state index in [1.807, 2.05) is 35.2 Å². The summed E-state index contributed by atoms with van der Waals surface area (Å²) in [5.41, 5.74) is 3.06. The lowest BCUT2D eigenvalue weighted by molar-refractivity contribution is -0.183. The van der Waals surface area contributed by atoms with Crippen molar-refractivity contribution in [3.63, 3.8) is 0 Å². The monoisotopic (exact) mass is 417 g/mol. The van der Waals surface area contributed by atoms with Crippen molar-refractivity contribution in [1.29, 1.82) is 0 Å². The van der Waals surface area contributed by atoms with E-state index in [0.717, 1.165) is 18.4 Å². The maximum absolute atomic E-state index is 13.7. The second-order valence-electron chi connectivity index (χ2n) is 9.54. The molecule has 1 spiro atoms. The van der Waals surface area contributed by atoms with Gasteiger partial charge in [-0.2, -0.15) is 0 Å². The van der Waals surface area contributed by atoms with Gasteiger partial charge in [0.25, 0.3) is 5.91 Å². The Labute approximate surface area is 182 Å². The number of likely N-dealkylation sites (tertiary alicyclic amines) is 1. The molecule has 6 heteroatoms. The van der Waals surface area contributed by atoms with Crippen molar-refractivity contribution < 1.29 is 14.7 Å². The molecule has 31 heavy (non-hydrogen) atoms. The number of hydrogen-bond donors (Lipinski definition) is 1. The lowest BCUT2D eigenvalue weighted by Gasteiger charge is -2.60. The van der Waals surface area contributed by atoms with Gasteiger partial charge in [0.05, 0.1) is 18.7 Å². The van der Waals surface area contributed by atoms with Crippen LogP contribution in [0.3, 0.4) is 0 Å². The first kappa shape index (κ1) is 19.2. The largest absolute Gasteiger partial charge is 0.392 e. The highest BCUT2D eigenvalue weighted by Crippen LogP contribution is 2.43. The van der Waals surface area contributed by atoms with E-state index in [2.05, 4.69) is 29.2 Å². The van der Waals surface area contributed by atoms with Crippen LogP contribution in [0, 0.1) is 0 Å². The smallest absolute Gasteiger partial charge is 0.252 e. The highest BCUT2D eigenvalue weighted by atomic mass is 16.3. The summed E-state index contributed by atoms with van der Waals surface area (Å²) in [6, 6.07) is 18.3. The van der Waals surface area contributed by atoms with Crippen molar-refractivity contribution >= 4 is 11.8 Å². The van der Waals surface area contributed by atoms with E-state index in [4.69, 9.17) is 0 Å². The lowest BCUT2D eigenvalue weighted by atomic mass is 9.81. The SMILES string of the molecule is O=C1C2CC(O)CN2C2(CN(C3Cc4ccccc4C3)C2)C(=O)N1Cc1ccccc1. The first-order valence-corrected chi connectivity index (χ1v) is 11.2. The Morgan fingerprint density at radius 2 is 1.58 bits per heavy atom. The molecule has 6 nitrogen and oxygen atoms in total. The maximum atomic E-state index is 13.7. The number of aliphatic hydroxyl groups excluding tert-OH is 1. The van der Waals surface area contributed by atoms with Crippen molar-refractivity contribution in [2.45, 2.75) is 49.5 Å². The van der Waals surface area contributed by atoms with Crippen LogP contribution in [0.25, 0.3) is 0 Å². The number of piperazine rings is 1. The van der Waals surface area contributed by atoms with Gasteiger partial charge in [-0.1, -0.05) is 54.6 Å². The van der Waals surface area contributed by atoms with Gasteiger partial charge in [-0.3, -0.25) is 24.3 Å². The van der Waals surface area contributed by atoms with E-state index in [9.17, 15) is 14.7 Å². The molecule has 2 atom stereocenters. The molecule has 3 fully saturated rings. The third-order valence-electron chi connectivity index (χ3n) is 7.68. The fraction of sp³-hybridized carbons (Fsp3) is 0.440. The van der Waals surface area contributed by atoms with E-state index in [1.54, 1.807) is 0 Å². The molecule has 0 aromatic heterocycles. The highest BCUT2D eigenvalue weighted by Gasteiger charge is 2.65. The van der Waals surface area contributed by atoms with Crippen LogP contribution in [0.5, 0.6) is 0 Å². The van der Waals surface area contributed by atoms with E-state index in [1.165, 1.54) is 16.0 Å². The number of carbonyl (C=O) groups is 2. The zero-order valence-electron chi connectivity index (χ0n) is 17.5. The molecule has 2 aromatic carbocycles. The van der Waals surface area contributed by atoms with Gasteiger partial charge >= 0.3 is 0 Å². The summed E-state index contributed by atoms with van der Waals surface area (Å²) in [7, 11) is 0. The first-order valence-electron chi connectivity index (χ1n) is 11.2. The number of β-amino-alcohol motifs (C(OH)–C–C–N with tert-alkyl or cyclic N) is 1. The Morgan fingerprint density at radius 3 is 2.26 bits per heavy atom. The maximum Gasteiger partial charge on any atom is 0.252 e. The molecule has 0 bridgehead atoms. The number of aliphatic hydroxyl groups is 1. The van der Waals surface area contributed by atoms with E-state index >= 15 is 0 Å². The van der Waals surface area contributed by atoms with Crippen LogP contribution < -0.4 is 0 Å². The molecular formula is C25H27N3O3. The summed E-state index contributed by atoms with van der Waals surface area (Å²) in [4.78, 5) is 32.8. The molecule has 1 N–H and O–H groups in total. The second kappa shape index (κ2) is 6.99. The third-order valence-corrected chi connectivity index (χ3v) is 7.68. The van der Waals surface area contributed by atoms with E-state index in [-0.39, 0.29) is 11.8 Å². The number of amides is 2. The zero-order valence-corrected chi connectivity index (χ0v) is 17.5. The van der Waals surface area contributed by atoms with Crippen LogP contribution >= 0.6 is 0 Å². The zero-order chi connectivity index (χ0) is 21.2. The first-order chi connectivity index (χ1) is 15.0. The Balaban J connectivity index is 1.26. The molecule has 6 rings (SSSR count). The van der Waals surface area contributed by atoms with Crippen LogP contribution in [0.15, 0.2) is 54.6 Å². The molecule has 0 saturated carbocycles. The third kappa shape index (κ3) is 2.89. The fourth-order valence-electron chi connectivity index (χ4n) is 6.09. The van der Waals surface area contributed by atoms with Gasteiger partial charge in [0.15, 0.2) is 0 Å². The molecule has 1 aliphatic carbocycles. The summed E-state index contributed by atoms with van der Waals surface area (Å²) in [6.45, 7) is 1.97. The lowest BCUT2D eigenvalue weighted by Crippen LogP contribution is -2.82. The quantitative estimate of drug-likeness (QED) is 0.761. The number of imide groups is 1. The Bertz CT molecular complexity index is 1010. The van der Waals surface area contributed by atoms with Gasteiger partial charge in [-0.15, -0.1) is 0 Å². The summed E-state index contributed by atoms with van der Waals surface area (Å²) in [6.07, 6.45) is 1.88. The number of rotatable bonds is 3. The molecule has 2 amide bonds. The summed E-state index contributed by atoms with van der Waals surface area (Å²) < 4.78 is 0. The van der Waals surface area contributed by atoms with Gasteiger partial charge in [-0.05, 0) is 36.0 Å². The molecule has 0 radical (unpaired) electrons. The molecule has 3 saturated heterocycles. The average molecular weight is 418 g/mol. The summed E-state index contributed by atoms with van der Waals surface area (Å²) in [5, 5.41) is 10.4. The van der Waals surface area contributed by atoms with Crippen molar-refractivity contribution in [2.24, 2.45) is 0 Å². The Morgan fingerprint density at radius 1 is 0.935 bits per heavy atom. The summed E-state index contributed by atoms with van der Waals surface area (Å²) >= 11 is 0. The summed E-state index contributed by atoms with van der Waals surface area (Å²) in [5.74, 6) is -0.263. The van der Waals surface area contributed by atoms with Crippen LogP contribution in [-0.2, 0) is 29.0 Å². The topological polar surface area (TPSA) is 64.1 Å². The highest BCUT2D eigenvalue weighted by molar-refractivity contribution is 6.06. The van der Waals surface area contributed by atoms with Gasteiger partial charge < -0.3 is 5.11 Å². The second-order valence-corrected chi connectivity index (χ2v) is 9.54. The Hall–Kier alpha value is -2.54. The van der Waals surface area contributed by atoms with Crippen molar-refractivity contribution in [3.8, 4) is 0 Å². The molecule has 3 aliphatic heterocycles. The minimum atomic E-state index is -0.695. The van der Waals surface area contributed by atoms with Crippen molar-refractivity contribution in [2.75, 3.05) is 19.6 Å². The molecule has 2 aromatic rings. The molecule has 160 valence electrons. The van der Waals surface area contributed by atoms with Crippen LogP contribution in [-0.4, -0.2) is 75.0 Å². The van der Waals surface area contributed by atoms with Crippen LogP contribution in [0.2, 0.25) is 0 Å². The average Bonchev–Trinajstić information content (AvgIpc) is 3.35. The van der Waals surface area contributed by atoms with Crippen LogP contribution in [0.4, 0.5) is 0 Å². The van der Waals surface area contributed by atoms with E-state index < -0.39 is 17.7 Å². The molecule has 4 aliphatic rings. The standard InChI is InChI=1S/C25H27N3O3/c29-21-12-22-23(30)27(13-17-6-2-1-3-7-17)24(31)25(28(22)14-21)15-26(16-25)20-10-18-8-4-5-9-19(18)11-20/h1-9,20-22,29H,10-16H2. The van der Waals surface area contributed by atoms with Gasteiger partial charge in [0.1, 0.15) is 5.54 Å². The predicted octanol–water partition coefficient (Wildman–Crippen LogP) is 1.21. The Kier molecular flexibility index (Phi) is 4.32. The number of nitrogens with zero attached hydrogens (tertiary/aromatic N) is 3. The van der Waals surface area contributed by atoms with E-state index in [0.29, 0.717) is 38.6 Å². The predicted molar refractivity (Wildman–Crippen MR) is 115 cm³/mol. The minimum Gasteiger partial charge on any atom is -0.392 e. The van der Waals surface area contributed by atoms with Crippen molar-refractivity contribution in [3.05, 3.63) is 71.3 Å². The van der Waals surface area contributed by atoms with Crippen LogP contribution in [0.1, 0.15) is 23.1 Å². The fourth-order valence-corrected chi connectivity index (χ4v) is 6.09. The molecular weight excluding hydrogens is 390 g/mol. The van der Waals surface area contributed by atoms with Gasteiger partial charge in [0, 0.05) is 25.7 Å². The van der Waals surface area contributed by atoms with Crippen molar-refractivity contribution in [1.82, 2.24) is 14.7 Å². The number of fused-ring (bicyclic) bond motifs is 3. The normalized spacial score (nSPS) is 28.1. The number of carbonyl (C=O) groups excluding carboxylic acids is 2. The minimum absolute atomic E-state index is 0.0986. The molecule has 2 unspecified atom stereocenters.